The summed E-state index contributed by atoms with van der Waals surface area (Å²) in [5.41, 5.74) is 2.89. The highest BCUT2D eigenvalue weighted by molar-refractivity contribution is 7.80. The maximum Gasteiger partial charge on any atom is 0.331 e. The van der Waals surface area contributed by atoms with Gasteiger partial charge in [0.2, 0.25) is 0 Å². The van der Waals surface area contributed by atoms with Gasteiger partial charge in [-0.3, -0.25) is 13.9 Å². The maximum absolute atomic E-state index is 12.8. The fourth-order valence-electron chi connectivity index (χ4n) is 3.38. The molecule has 6 heteroatoms. The van der Waals surface area contributed by atoms with Crippen LogP contribution < -0.4 is 11.2 Å². The van der Waals surface area contributed by atoms with E-state index >= 15 is 0 Å². The molecular formula is C20H21N3O2S. The van der Waals surface area contributed by atoms with Crippen LogP contribution in [-0.4, -0.2) is 14.8 Å². The first kappa shape index (κ1) is 18.2. The summed E-state index contributed by atoms with van der Waals surface area (Å²) in [5, 5.41) is 9.06. The molecule has 134 valence electrons. The topological polar surface area (TPSA) is 67.8 Å². The van der Waals surface area contributed by atoms with Gasteiger partial charge in [0.25, 0.3) is 5.56 Å². The second-order valence-corrected chi connectivity index (χ2v) is 6.87. The van der Waals surface area contributed by atoms with Gasteiger partial charge in [-0.05, 0) is 50.1 Å². The summed E-state index contributed by atoms with van der Waals surface area (Å²) in [5.74, 6) is 0. The van der Waals surface area contributed by atoms with E-state index in [9.17, 15) is 9.59 Å². The van der Waals surface area contributed by atoms with E-state index in [4.69, 9.17) is 5.41 Å². The second-order valence-electron chi connectivity index (χ2n) is 6.39. The first-order valence-corrected chi connectivity index (χ1v) is 8.90. The first-order chi connectivity index (χ1) is 12.3. The third-order valence-electron chi connectivity index (χ3n) is 4.53. The summed E-state index contributed by atoms with van der Waals surface area (Å²) < 4.78 is 2.70. The molecule has 1 heterocycles. The Bertz CT molecular complexity index is 1120. The summed E-state index contributed by atoms with van der Waals surface area (Å²) in [6, 6.07) is 10.9. The molecule has 0 atom stereocenters. The van der Waals surface area contributed by atoms with E-state index in [1.165, 1.54) is 9.13 Å². The third kappa shape index (κ3) is 3.01. The van der Waals surface area contributed by atoms with E-state index < -0.39 is 5.69 Å². The van der Waals surface area contributed by atoms with Crippen LogP contribution in [0.1, 0.15) is 23.6 Å². The van der Waals surface area contributed by atoms with Gasteiger partial charge < -0.3 is 5.41 Å². The highest BCUT2D eigenvalue weighted by Gasteiger charge is 2.16. The SMILES string of the molecule is CCn1c(=O)c2ccccc2n(CC(=N)c2c(C)cc(C)cc2S)c1=O. The smallest absolute Gasteiger partial charge is 0.303 e. The molecule has 0 unspecified atom stereocenters. The van der Waals surface area contributed by atoms with Crippen molar-refractivity contribution in [3.63, 3.8) is 0 Å². The van der Waals surface area contributed by atoms with Gasteiger partial charge in [0.05, 0.1) is 23.2 Å². The molecule has 0 spiro atoms. The number of hydrogen-bond donors (Lipinski definition) is 2. The highest BCUT2D eigenvalue weighted by atomic mass is 32.1. The standard InChI is InChI=1S/C20H21N3O2S/c1-4-22-19(24)14-7-5-6-8-16(14)23(20(22)25)11-15(21)18-13(3)9-12(2)10-17(18)26/h5-10,21,26H,4,11H2,1-3H3. The Morgan fingerprint density at radius 1 is 1.12 bits per heavy atom. The van der Waals surface area contributed by atoms with Crippen LogP contribution in [0.5, 0.6) is 0 Å². The van der Waals surface area contributed by atoms with Crippen molar-refractivity contribution in [2.75, 3.05) is 0 Å². The fourth-order valence-corrected chi connectivity index (χ4v) is 3.89. The van der Waals surface area contributed by atoms with Crippen LogP contribution in [-0.2, 0) is 13.1 Å². The maximum atomic E-state index is 12.8. The van der Waals surface area contributed by atoms with Crippen molar-refractivity contribution in [2.45, 2.75) is 38.8 Å². The molecule has 3 rings (SSSR count). The van der Waals surface area contributed by atoms with Crippen LogP contribution in [0.2, 0.25) is 0 Å². The third-order valence-corrected chi connectivity index (χ3v) is 4.88. The molecule has 26 heavy (non-hydrogen) atoms. The van der Waals surface area contributed by atoms with Gasteiger partial charge in [-0.15, -0.1) is 12.6 Å². The predicted octanol–water partition coefficient (Wildman–Crippen LogP) is 3.16. The lowest BCUT2D eigenvalue weighted by atomic mass is 10.0. The Hall–Kier alpha value is -2.60. The van der Waals surface area contributed by atoms with Crippen LogP contribution in [0.15, 0.2) is 50.9 Å². The molecule has 0 fully saturated rings. The van der Waals surface area contributed by atoms with Crippen LogP contribution in [0.3, 0.4) is 0 Å². The average Bonchev–Trinajstić information content (AvgIpc) is 2.58. The van der Waals surface area contributed by atoms with Gasteiger partial charge in [0, 0.05) is 17.0 Å². The summed E-state index contributed by atoms with van der Waals surface area (Å²) in [4.78, 5) is 26.1. The van der Waals surface area contributed by atoms with Crippen LogP contribution in [0, 0.1) is 19.3 Å². The molecule has 0 radical (unpaired) electrons. The number of aryl methyl sites for hydroxylation is 2. The van der Waals surface area contributed by atoms with Crippen molar-refractivity contribution in [2.24, 2.45) is 0 Å². The Morgan fingerprint density at radius 3 is 2.46 bits per heavy atom. The minimum atomic E-state index is -0.397. The normalized spacial score (nSPS) is 11.1. The Balaban J connectivity index is 2.20. The van der Waals surface area contributed by atoms with E-state index in [-0.39, 0.29) is 18.6 Å². The van der Waals surface area contributed by atoms with Crippen molar-refractivity contribution in [3.05, 3.63) is 73.9 Å². The van der Waals surface area contributed by atoms with Crippen molar-refractivity contribution >= 4 is 29.2 Å². The van der Waals surface area contributed by atoms with Gasteiger partial charge in [0.15, 0.2) is 0 Å². The lowest BCUT2D eigenvalue weighted by Gasteiger charge is -2.16. The monoisotopic (exact) mass is 367 g/mol. The largest absolute Gasteiger partial charge is 0.331 e. The molecule has 1 aromatic heterocycles. The molecule has 0 aliphatic heterocycles. The van der Waals surface area contributed by atoms with Crippen molar-refractivity contribution in [1.82, 2.24) is 9.13 Å². The summed E-state index contributed by atoms with van der Waals surface area (Å²) in [6.45, 7) is 6.05. The Morgan fingerprint density at radius 2 is 1.81 bits per heavy atom. The molecular weight excluding hydrogens is 346 g/mol. The van der Waals surface area contributed by atoms with E-state index in [0.717, 1.165) is 16.7 Å². The number of rotatable bonds is 4. The fraction of sp³-hybridized carbons (Fsp3) is 0.250. The van der Waals surface area contributed by atoms with E-state index in [1.807, 2.05) is 26.0 Å². The number of thiol groups is 1. The van der Waals surface area contributed by atoms with Crippen LogP contribution in [0.4, 0.5) is 0 Å². The zero-order valence-corrected chi connectivity index (χ0v) is 15.9. The van der Waals surface area contributed by atoms with E-state index in [1.54, 1.807) is 31.2 Å². The number of aromatic nitrogens is 2. The first-order valence-electron chi connectivity index (χ1n) is 8.45. The molecule has 0 bridgehead atoms. The molecule has 5 nitrogen and oxygen atoms in total. The van der Waals surface area contributed by atoms with Crippen molar-refractivity contribution in [1.29, 1.82) is 5.41 Å². The highest BCUT2D eigenvalue weighted by Crippen LogP contribution is 2.22. The Kier molecular flexibility index (Phi) is 4.87. The number of nitrogens with zero attached hydrogens (tertiary/aromatic N) is 2. The summed E-state index contributed by atoms with van der Waals surface area (Å²) in [7, 11) is 0. The number of nitrogens with one attached hydrogen (secondary N) is 1. The van der Waals surface area contributed by atoms with Crippen molar-refractivity contribution < 1.29 is 0 Å². The van der Waals surface area contributed by atoms with Crippen LogP contribution >= 0.6 is 12.6 Å². The predicted molar refractivity (Wildman–Crippen MR) is 108 cm³/mol. The van der Waals surface area contributed by atoms with E-state index in [0.29, 0.717) is 21.5 Å². The van der Waals surface area contributed by atoms with Gasteiger partial charge in [-0.1, -0.05) is 18.2 Å². The molecule has 0 amide bonds. The molecule has 0 saturated carbocycles. The molecule has 0 aliphatic carbocycles. The molecule has 1 N–H and O–H groups in total. The van der Waals surface area contributed by atoms with Gasteiger partial charge in [-0.25, -0.2) is 4.79 Å². The number of fused-ring (bicyclic) bond motifs is 1. The van der Waals surface area contributed by atoms with Gasteiger partial charge in [0.1, 0.15) is 0 Å². The molecule has 0 aliphatic rings. The number of benzene rings is 2. The van der Waals surface area contributed by atoms with E-state index in [2.05, 4.69) is 12.6 Å². The Labute approximate surface area is 156 Å². The zero-order valence-electron chi connectivity index (χ0n) is 15.0. The second kappa shape index (κ2) is 6.96. The minimum Gasteiger partial charge on any atom is -0.303 e. The minimum absolute atomic E-state index is 0.0804. The summed E-state index contributed by atoms with van der Waals surface area (Å²) in [6.07, 6.45) is 0. The number of para-hydroxylation sites is 1. The lowest BCUT2D eigenvalue weighted by Crippen LogP contribution is -2.40. The van der Waals surface area contributed by atoms with Gasteiger partial charge >= 0.3 is 5.69 Å². The van der Waals surface area contributed by atoms with Crippen molar-refractivity contribution in [3.8, 4) is 0 Å². The van der Waals surface area contributed by atoms with Crippen LogP contribution in [0.25, 0.3) is 10.9 Å². The molecule has 3 aromatic rings. The summed E-state index contributed by atoms with van der Waals surface area (Å²) >= 11 is 4.51. The van der Waals surface area contributed by atoms with Gasteiger partial charge in [-0.2, -0.15) is 0 Å². The zero-order chi connectivity index (χ0) is 19.0. The average molecular weight is 367 g/mol. The lowest BCUT2D eigenvalue weighted by molar-refractivity contribution is 0.629. The number of hydrogen-bond acceptors (Lipinski definition) is 4. The molecule has 0 saturated heterocycles. The quantitative estimate of drug-likeness (QED) is 0.549. The molecule has 2 aromatic carbocycles.